The molecule has 3 rings (SSSR count). The number of benzene rings is 2. The van der Waals surface area contributed by atoms with Crippen LogP contribution in [0.2, 0.25) is 10.0 Å². The van der Waals surface area contributed by atoms with Crippen LogP contribution in [0.4, 0.5) is 0 Å². The number of aromatic nitrogens is 1. The van der Waals surface area contributed by atoms with E-state index in [0.717, 1.165) is 21.9 Å². The van der Waals surface area contributed by atoms with Crippen LogP contribution in [-0.4, -0.2) is 17.4 Å². The molecule has 0 aliphatic carbocycles. The molecule has 0 fully saturated rings. The van der Waals surface area contributed by atoms with Crippen molar-refractivity contribution >= 4 is 40.4 Å². The number of amides is 1. The Balaban J connectivity index is 1.62. The predicted molar refractivity (Wildman–Crippen MR) is 116 cm³/mol. The summed E-state index contributed by atoms with van der Waals surface area (Å²) >= 11 is 13.5. The van der Waals surface area contributed by atoms with Gasteiger partial charge in [0.1, 0.15) is 23.1 Å². The number of hydrogen-bond acceptors (Lipinski definition) is 4. The summed E-state index contributed by atoms with van der Waals surface area (Å²) in [5, 5.41) is 6.62. The molecule has 1 N–H and O–H groups in total. The summed E-state index contributed by atoms with van der Waals surface area (Å²) in [6.07, 6.45) is 0. The number of nitrogens with one attached hydrogen (secondary N) is 1. The predicted octanol–water partition coefficient (Wildman–Crippen LogP) is 6.08. The van der Waals surface area contributed by atoms with Crippen molar-refractivity contribution in [2.75, 3.05) is 6.54 Å². The van der Waals surface area contributed by atoms with Gasteiger partial charge in [0.25, 0.3) is 5.91 Å². The van der Waals surface area contributed by atoms with Crippen LogP contribution in [0.5, 0.6) is 5.75 Å². The van der Waals surface area contributed by atoms with Crippen LogP contribution in [0.15, 0.2) is 47.8 Å². The van der Waals surface area contributed by atoms with Crippen molar-refractivity contribution in [3.63, 3.8) is 0 Å². The van der Waals surface area contributed by atoms with Gasteiger partial charge >= 0.3 is 0 Å². The van der Waals surface area contributed by atoms with Gasteiger partial charge in [-0.05, 0) is 42.3 Å². The Labute approximate surface area is 178 Å². The van der Waals surface area contributed by atoms with Crippen LogP contribution in [0, 0.1) is 5.92 Å². The van der Waals surface area contributed by atoms with E-state index < -0.39 is 0 Å². The molecule has 0 bridgehead atoms. The lowest BCUT2D eigenvalue weighted by Gasteiger charge is -2.08. The molecule has 0 unspecified atom stereocenters. The lowest BCUT2D eigenvalue weighted by molar-refractivity contribution is 0.0945. The fourth-order valence-electron chi connectivity index (χ4n) is 2.39. The second-order valence-corrected chi connectivity index (χ2v) is 8.39. The number of halogens is 2. The molecular formula is C21H20Cl2N2O2S. The highest BCUT2D eigenvalue weighted by Crippen LogP contribution is 2.27. The highest BCUT2D eigenvalue weighted by atomic mass is 35.5. The second-order valence-electron chi connectivity index (χ2n) is 6.69. The average Bonchev–Trinajstić information content (AvgIpc) is 3.16. The van der Waals surface area contributed by atoms with Gasteiger partial charge in [0.05, 0.1) is 0 Å². The Kier molecular flexibility index (Phi) is 6.94. The molecule has 0 spiro atoms. The smallest absolute Gasteiger partial charge is 0.270 e. The summed E-state index contributed by atoms with van der Waals surface area (Å²) in [7, 11) is 0. The fraction of sp³-hybridized carbons (Fsp3) is 0.238. The summed E-state index contributed by atoms with van der Waals surface area (Å²) in [6.45, 7) is 5.09. The number of hydrogen-bond donors (Lipinski definition) is 1. The minimum absolute atomic E-state index is 0.143. The zero-order valence-corrected chi connectivity index (χ0v) is 17.9. The molecule has 0 radical (unpaired) electrons. The van der Waals surface area contributed by atoms with E-state index in [9.17, 15) is 4.79 Å². The maximum atomic E-state index is 12.1. The molecule has 1 aromatic heterocycles. The van der Waals surface area contributed by atoms with Crippen molar-refractivity contribution in [3.8, 4) is 16.3 Å². The summed E-state index contributed by atoms with van der Waals surface area (Å²) < 4.78 is 5.79. The maximum absolute atomic E-state index is 12.1. The third kappa shape index (κ3) is 5.47. The van der Waals surface area contributed by atoms with Gasteiger partial charge in [0.15, 0.2) is 0 Å². The number of rotatable bonds is 7. The Morgan fingerprint density at radius 3 is 2.61 bits per heavy atom. The van der Waals surface area contributed by atoms with E-state index in [1.165, 1.54) is 11.3 Å². The molecule has 1 amide bonds. The number of carbonyl (C=O) groups excluding carboxylic acids is 1. The average molecular weight is 435 g/mol. The lowest BCUT2D eigenvalue weighted by atomic mass is 10.2. The van der Waals surface area contributed by atoms with E-state index >= 15 is 0 Å². The van der Waals surface area contributed by atoms with Gasteiger partial charge in [-0.15, -0.1) is 11.3 Å². The third-order valence-corrected chi connectivity index (χ3v) is 5.40. The molecule has 3 aromatic rings. The van der Waals surface area contributed by atoms with Crippen LogP contribution in [0.1, 0.15) is 29.9 Å². The molecule has 0 aliphatic rings. The monoisotopic (exact) mass is 434 g/mol. The molecule has 0 atom stereocenters. The summed E-state index contributed by atoms with van der Waals surface area (Å²) in [6, 6.07) is 12.9. The van der Waals surface area contributed by atoms with Gasteiger partial charge in [-0.2, -0.15) is 0 Å². The molecule has 1 heterocycles. The molecule has 0 aliphatic heterocycles. The van der Waals surface area contributed by atoms with E-state index in [-0.39, 0.29) is 5.91 Å². The molecule has 0 saturated carbocycles. The number of thiazole rings is 1. The minimum Gasteiger partial charge on any atom is -0.489 e. The summed E-state index contributed by atoms with van der Waals surface area (Å²) in [5.41, 5.74) is 2.25. The molecular weight excluding hydrogens is 415 g/mol. The fourth-order valence-corrected chi connectivity index (χ4v) is 3.66. The third-order valence-electron chi connectivity index (χ3n) is 3.92. The van der Waals surface area contributed by atoms with Gasteiger partial charge in [-0.25, -0.2) is 4.98 Å². The largest absolute Gasteiger partial charge is 0.489 e. The first-order valence-corrected chi connectivity index (χ1v) is 10.5. The first kappa shape index (κ1) is 20.6. The van der Waals surface area contributed by atoms with Crippen molar-refractivity contribution in [3.05, 3.63) is 69.1 Å². The zero-order chi connectivity index (χ0) is 20.1. The minimum atomic E-state index is -0.143. The Bertz CT molecular complexity index is 955. The van der Waals surface area contributed by atoms with Crippen molar-refractivity contribution in [2.24, 2.45) is 5.92 Å². The Hall–Kier alpha value is -2.08. The molecule has 0 saturated heterocycles. The Morgan fingerprint density at radius 1 is 1.18 bits per heavy atom. The highest BCUT2D eigenvalue weighted by molar-refractivity contribution is 7.13. The van der Waals surface area contributed by atoms with Crippen molar-refractivity contribution in [1.82, 2.24) is 10.3 Å². The van der Waals surface area contributed by atoms with Gasteiger partial charge in [0, 0.05) is 33.1 Å². The van der Waals surface area contributed by atoms with Crippen LogP contribution >= 0.6 is 34.5 Å². The topological polar surface area (TPSA) is 51.2 Å². The summed E-state index contributed by atoms with van der Waals surface area (Å²) in [4.78, 5) is 16.5. The highest BCUT2D eigenvalue weighted by Gasteiger charge is 2.12. The number of ether oxygens (including phenoxy) is 1. The number of nitrogens with zero attached hydrogens (tertiary/aromatic N) is 1. The second kappa shape index (κ2) is 9.41. The molecule has 4 nitrogen and oxygen atoms in total. The zero-order valence-electron chi connectivity index (χ0n) is 15.5. The normalized spacial score (nSPS) is 10.9. The molecule has 2 aromatic carbocycles. The van der Waals surface area contributed by atoms with Crippen LogP contribution < -0.4 is 10.1 Å². The van der Waals surface area contributed by atoms with Crippen molar-refractivity contribution in [2.45, 2.75) is 20.5 Å². The molecule has 7 heteroatoms. The van der Waals surface area contributed by atoms with Gasteiger partial charge in [-0.3, -0.25) is 4.79 Å². The standard InChI is InChI=1S/C21H20Cl2N2O2S/c1-13(2)10-24-20(26)19-12-28-21(25-19)14-4-7-17(8-5-14)27-11-15-3-6-16(22)9-18(15)23/h3-9,12-13H,10-11H2,1-2H3,(H,24,26). The molecule has 28 heavy (non-hydrogen) atoms. The van der Waals surface area contributed by atoms with Crippen LogP contribution in [0.3, 0.4) is 0 Å². The van der Waals surface area contributed by atoms with Gasteiger partial charge in [-0.1, -0.05) is 43.1 Å². The van der Waals surface area contributed by atoms with Crippen LogP contribution in [-0.2, 0) is 6.61 Å². The Morgan fingerprint density at radius 2 is 1.93 bits per heavy atom. The number of carbonyl (C=O) groups is 1. The van der Waals surface area contributed by atoms with E-state index in [4.69, 9.17) is 27.9 Å². The van der Waals surface area contributed by atoms with E-state index in [1.54, 1.807) is 17.5 Å². The quantitative estimate of drug-likeness (QED) is 0.489. The van der Waals surface area contributed by atoms with Gasteiger partial charge < -0.3 is 10.1 Å². The lowest BCUT2D eigenvalue weighted by Crippen LogP contribution is -2.27. The SMILES string of the molecule is CC(C)CNC(=O)c1csc(-c2ccc(OCc3ccc(Cl)cc3Cl)cc2)n1. The van der Waals surface area contributed by atoms with Crippen LogP contribution in [0.25, 0.3) is 10.6 Å². The molecule has 146 valence electrons. The summed E-state index contributed by atoms with van der Waals surface area (Å²) in [5.74, 6) is 0.981. The first-order chi connectivity index (χ1) is 13.4. The maximum Gasteiger partial charge on any atom is 0.270 e. The van der Waals surface area contributed by atoms with E-state index in [0.29, 0.717) is 34.8 Å². The van der Waals surface area contributed by atoms with Crippen molar-refractivity contribution < 1.29 is 9.53 Å². The van der Waals surface area contributed by atoms with E-state index in [1.807, 2.05) is 30.3 Å². The van der Waals surface area contributed by atoms with Crippen molar-refractivity contribution in [1.29, 1.82) is 0 Å². The van der Waals surface area contributed by atoms with Gasteiger partial charge in [0.2, 0.25) is 0 Å². The van der Waals surface area contributed by atoms with E-state index in [2.05, 4.69) is 24.1 Å². The first-order valence-electron chi connectivity index (χ1n) is 8.83.